The summed E-state index contributed by atoms with van der Waals surface area (Å²) < 4.78 is 13.8. The monoisotopic (exact) mass is 533 g/mol. The van der Waals surface area contributed by atoms with E-state index in [-0.39, 0.29) is 11.5 Å². The first kappa shape index (κ1) is 24.7. The number of methoxy groups -OCH3 is 1. The molecule has 0 amide bonds. The SMILES string of the molecule is CC[C@@H](C)c1nc2ccc(Br)cc2c(=O)n1N=Cc1ccc(OCc2cccc(C)c2)c(OC)c1. The zero-order valence-electron chi connectivity index (χ0n) is 20.3. The summed E-state index contributed by atoms with van der Waals surface area (Å²) >= 11 is 3.44. The van der Waals surface area contributed by atoms with Crippen LogP contribution in [0.5, 0.6) is 11.5 Å². The Morgan fingerprint density at radius 3 is 2.69 bits per heavy atom. The van der Waals surface area contributed by atoms with Crippen molar-refractivity contribution >= 4 is 33.0 Å². The number of hydrogen-bond donors (Lipinski definition) is 0. The summed E-state index contributed by atoms with van der Waals surface area (Å²) in [5, 5.41) is 5.05. The zero-order chi connectivity index (χ0) is 24.9. The van der Waals surface area contributed by atoms with Crippen LogP contribution in [0.25, 0.3) is 10.9 Å². The van der Waals surface area contributed by atoms with Crippen molar-refractivity contribution in [3.8, 4) is 11.5 Å². The predicted molar refractivity (Wildman–Crippen MR) is 144 cm³/mol. The topological polar surface area (TPSA) is 65.7 Å². The number of aryl methyl sites for hydroxylation is 1. The Balaban J connectivity index is 1.65. The van der Waals surface area contributed by atoms with Gasteiger partial charge in [0.05, 0.1) is 24.2 Å². The van der Waals surface area contributed by atoms with Crippen LogP contribution in [0.1, 0.15) is 48.7 Å². The van der Waals surface area contributed by atoms with Crippen molar-refractivity contribution in [3.63, 3.8) is 0 Å². The van der Waals surface area contributed by atoms with Gasteiger partial charge in [0, 0.05) is 10.4 Å². The third-order valence-electron chi connectivity index (χ3n) is 5.87. The molecule has 0 spiro atoms. The van der Waals surface area contributed by atoms with Crippen molar-refractivity contribution in [1.82, 2.24) is 9.66 Å². The van der Waals surface area contributed by atoms with E-state index in [0.29, 0.717) is 34.8 Å². The number of halogens is 1. The Kier molecular flexibility index (Phi) is 7.66. The highest BCUT2D eigenvalue weighted by Gasteiger charge is 2.16. The van der Waals surface area contributed by atoms with E-state index < -0.39 is 0 Å². The smallest absolute Gasteiger partial charge is 0.282 e. The van der Waals surface area contributed by atoms with Crippen LogP contribution < -0.4 is 15.0 Å². The van der Waals surface area contributed by atoms with Crippen molar-refractivity contribution < 1.29 is 9.47 Å². The Labute approximate surface area is 213 Å². The number of benzene rings is 3. The van der Waals surface area contributed by atoms with E-state index in [1.165, 1.54) is 10.2 Å². The Morgan fingerprint density at radius 1 is 1.11 bits per heavy atom. The number of rotatable bonds is 8. The van der Waals surface area contributed by atoms with E-state index in [9.17, 15) is 4.79 Å². The summed E-state index contributed by atoms with van der Waals surface area (Å²) in [5.41, 5.74) is 3.52. The van der Waals surface area contributed by atoms with Gasteiger partial charge in [0.2, 0.25) is 0 Å². The van der Waals surface area contributed by atoms with Crippen LogP contribution in [-0.2, 0) is 6.61 Å². The van der Waals surface area contributed by atoms with Gasteiger partial charge in [-0.25, -0.2) is 4.98 Å². The minimum atomic E-state index is -0.201. The summed E-state index contributed by atoms with van der Waals surface area (Å²) in [7, 11) is 1.60. The molecule has 0 unspecified atom stereocenters. The molecule has 7 heteroatoms. The standard InChI is InChI=1S/C28H28BrN3O3/c1-5-19(3)27-31-24-11-10-22(29)15-23(24)28(33)32(27)30-16-20-9-12-25(26(14-20)34-4)35-17-21-8-6-7-18(2)13-21/h6-16,19H,5,17H2,1-4H3/t19-/m1/s1. The third kappa shape index (κ3) is 5.62. The molecule has 0 aliphatic heterocycles. The maximum atomic E-state index is 13.3. The first-order valence-corrected chi connectivity index (χ1v) is 12.3. The zero-order valence-corrected chi connectivity index (χ0v) is 21.9. The molecule has 4 aromatic rings. The average molecular weight is 534 g/mol. The Bertz CT molecular complexity index is 1450. The highest BCUT2D eigenvalue weighted by Crippen LogP contribution is 2.28. The molecule has 1 heterocycles. The van der Waals surface area contributed by atoms with E-state index in [1.807, 2.05) is 49.4 Å². The molecular weight excluding hydrogens is 506 g/mol. The summed E-state index contributed by atoms with van der Waals surface area (Å²) in [6, 6.07) is 19.3. The van der Waals surface area contributed by atoms with Gasteiger partial charge in [0.1, 0.15) is 12.4 Å². The second-order valence-corrected chi connectivity index (χ2v) is 9.41. The Hall–Kier alpha value is -3.45. The Morgan fingerprint density at radius 2 is 1.94 bits per heavy atom. The molecule has 1 atom stereocenters. The molecule has 4 rings (SSSR count). The van der Waals surface area contributed by atoms with Crippen LogP contribution in [0.4, 0.5) is 0 Å². The molecule has 0 fully saturated rings. The minimum Gasteiger partial charge on any atom is -0.493 e. The van der Waals surface area contributed by atoms with Crippen LogP contribution in [0, 0.1) is 6.92 Å². The molecule has 0 aliphatic carbocycles. The maximum Gasteiger partial charge on any atom is 0.282 e. The van der Waals surface area contributed by atoms with Crippen LogP contribution in [0.3, 0.4) is 0 Å². The first-order chi connectivity index (χ1) is 16.9. The molecular formula is C28H28BrN3O3. The third-order valence-corrected chi connectivity index (χ3v) is 6.37. The van der Waals surface area contributed by atoms with E-state index >= 15 is 0 Å². The fourth-order valence-corrected chi connectivity index (χ4v) is 4.11. The van der Waals surface area contributed by atoms with E-state index in [0.717, 1.165) is 22.0 Å². The normalized spacial score (nSPS) is 12.3. The molecule has 1 aromatic heterocycles. The molecule has 3 aromatic carbocycles. The average Bonchev–Trinajstić information content (AvgIpc) is 2.87. The van der Waals surface area contributed by atoms with Gasteiger partial charge >= 0.3 is 0 Å². The van der Waals surface area contributed by atoms with Gasteiger partial charge in [-0.2, -0.15) is 9.78 Å². The van der Waals surface area contributed by atoms with Gasteiger partial charge in [-0.15, -0.1) is 0 Å². The fourth-order valence-electron chi connectivity index (χ4n) is 3.75. The van der Waals surface area contributed by atoms with Gasteiger partial charge in [-0.3, -0.25) is 4.79 Å². The van der Waals surface area contributed by atoms with Gasteiger partial charge in [0.15, 0.2) is 11.5 Å². The van der Waals surface area contributed by atoms with Crippen molar-refractivity contribution in [1.29, 1.82) is 0 Å². The van der Waals surface area contributed by atoms with Crippen LogP contribution >= 0.6 is 15.9 Å². The highest BCUT2D eigenvalue weighted by molar-refractivity contribution is 9.10. The van der Waals surface area contributed by atoms with Crippen LogP contribution in [0.15, 0.2) is 75.0 Å². The number of nitrogens with zero attached hydrogens (tertiary/aromatic N) is 3. The van der Waals surface area contributed by atoms with Crippen molar-refractivity contribution in [2.45, 2.75) is 39.7 Å². The molecule has 6 nitrogen and oxygen atoms in total. The first-order valence-electron chi connectivity index (χ1n) is 11.5. The van der Waals surface area contributed by atoms with Gasteiger partial charge in [-0.1, -0.05) is 59.6 Å². The quantitative estimate of drug-likeness (QED) is 0.244. The van der Waals surface area contributed by atoms with E-state index in [4.69, 9.17) is 14.5 Å². The van der Waals surface area contributed by atoms with Crippen LogP contribution in [-0.4, -0.2) is 23.0 Å². The van der Waals surface area contributed by atoms with Gasteiger partial charge in [0.25, 0.3) is 5.56 Å². The second-order valence-electron chi connectivity index (χ2n) is 8.49. The second kappa shape index (κ2) is 10.9. The fraction of sp³-hybridized carbons (Fsp3) is 0.250. The molecule has 0 N–H and O–H groups in total. The maximum absolute atomic E-state index is 13.3. The lowest BCUT2D eigenvalue weighted by Crippen LogP contribution is -2.23. The number of ether oxygens (including phenoxy) is 2. The summed E-state index contributed by atoms with van der Waals surface area (Å²) in [5.74, 6) is 1.94. The summed E-state index contributed by atoms with van der Waals surface area (Å²) in [6.45, 7) is 6.61. The van der Waals surface area contributed by atoms with Gasteiger partial charge in [-0.05, 0) is 60.9 Å². The van der Waals surface area contributed by atoms with Crippen molar-refractivity contribution in [2.24, 2.45) is 5.10 Å². The number of hydrogen-bond acceptors (Lipinski definition) is 5. The molecule has 0 saturated carbocycles. The number of fused-ring (bicyclic) bond motifs is 1. The van der Waals surface area contributed by atoms with Crippen LogP contribution in [0.2, 0.25) is 0 Å². The van der Waals surface area contributed by atoms with E-state index in [1.54, 1.807) is 19.4 Å². The summed E-state index contributed by atoms with van der Waals surface area (Å²) in [6.07, 6.45) is 2.48. The molecule has 0 aliphatic rings. The molecule has 0 saturated heterocycles. The lowest BCUT2D eigenvalue weighted by Gasteiger charge is -2.14. The lowest BCUT2D eigenvalue weighted by atomic mass is 10.1. The molecule has 0 radical (unpaired) electrons. The summed E-state index contributed by atoms with van der Waals surface area (Å²) in [4.78, 5) is 18.1. The highest BCUT2D eigenvalue weighted by atomic mass is 79.9. The largest absolute Gasteiger partial charge is 0.493 e. The van der Waals surface area contributed by atoms with Crippen molar-refractivity contribution in [2.75, 3.05) is 7.11 Å². The molecule has 180 valence electrons. The minimum absolute atomic E-state index is 0.0693. The molecule has 0 bridgehead atoms. The van der Waals surface area contributed by atoms with Crippen molar-refractivity contribution in [3.05, 3.63) is 98.0 Å². The van der Waals surface area contributed by atoms with E-state index in [2.05, 4.69) is 47.0 Å². The number of aromatic nitrogens is 2. The lowest BCUT2D eigenvalue weighted by molar-refractivity contribution is 0.284. The molecule has 35 heavy (non-hydrogen) atoms. The van der Waals surface area contributed by atoms with Gasteiger partial charge < -0.3 is 9.47 Å². The predicted octanol–water partition coefficient (Wildman–Crippen LogP) is 6.45.